The van der Waals surface area contributed by atoms with E-state index in [1.54, 1.807) is 0 Å². The fourth-order valence-corrected chi connectivity index (χ4v) is 1.69. The predicted molar refractivity (Wildman–Crippen MR) is 44.5 cm³/mol. The molecule has 5 heteroatoms. The van der Waals surface area contributed by atoms with Crippen molar-refractivity contribution < 1.29 is 13.2 Å². The fraction of sp³-hybridized carbons (Fsp3) is 0.375. The molecule has 0 saturated heterocycles. The summed E-state index contributed by atoms with van der Waals surface area (Å²) in [7, 11) is 0. The maximum atomic E-state index is 12.1. The van der Waals surface area contributed by atoms with Gasteiger partial charge in [0.15, 0.2) is 0 Å². The SMILES string of the molecule is [C-]#[N+]CCc1ccc(C(F)(F)F)s1. The minimum absolute atomic E-state index is 0.248. The lowest BCUT2D eigenvalue weighted by Crippen LogP contribution is -2.00. The van der Waals surface area contributed by atoms with Crippen molar-refractivity contribution >= 4 is 11.3 Å². The maximum absolute atomic E-state index is 12.1. The van der Waals surface area contributed by atoms with Crippen LogP contribution in [-0.4, -0.2) is 6.54 Å². The van der Waals surface area contributed by atoms with Crippen LogP contribution in [-0.2, 0) is 12.6 Å². The Morgan fingerprint density at radius 2 is 2.08 bits per heavy atom. The van der Waals surface area contributed by atoms with E-state index in [1.807, 2.05) is 0 Å². The number of nitrogens with zero attached hydrogens (tertiary/aromatic N) is 1. The van der Waals surface area contributed by atoms with Crippen LogP contribution in [0.2, 0.25) is 0 Å². The summed E-state index contributed by atoms with van der Waals surface area (Å²) in [5.74, 6) is 0. The lowest BCUT2D eigenvalue weighted by atomic mass is 10.3. The highest BCUT2D eigenvalue weighted by atomic mass is 32.1. The Balaban J connectivity index is 2.71. The van der Waals surface area contributed by atoms with Crippen molar-refractivity contribution in [3.8, 4) is 0 Å². The van der Waals surface area contributed by atoms with Gasteiger partial charge in [-0.1, -0.05) is 0 Å². The molecule has 1 nitrogen and oxygen atoms in total. The topological polar surface area (TPSA) is 4.36 Å². The fourth-order valence-electron chi connectivity index (χ4n) is 0.831. The van der Waals surface area contributed by atoms with Crippen LogP contribution in [0, 0.1) is 6.57 Å². The second kappa shape index (κ2) is 3.79. The predicted octanol–water partition coefficient (Wildman–Crippen LogP) is 3.23. The Morgan fingerprint density at radius 1 is 1.38 bits per heavy atom. The van der Waals surface area contributed by atoms with E-state index < -0.39 is 11.1 Å². The smallest absolute Gasteiger partial charge is 0.317 e. The third-order valence-corrected chi connectivity index (χ3v) is 2.60. The molecule has 1 heterocycles. The summed E-state index contributed by atoms with van der Waals surface area (Å²) in [5, 5.41) is 0. The average Bonchev–Trinajstić information content (AvgIpc) is 2.47. The first-order valence-corrected chi connectivity index (χ1v) is 4.35. The van der Waals surface area contributed by atoms with Crippen molar-refractivity contribution in [2.24, 2.45) is 0 Å². The van der Waals surface area contributed by atoms with Gasteiger partial charge in [0.2, 0.25) is 6.54 Å². The largest absolute Gasteiger partial charge is 0.425 e. The Kier molecular flexibility index (Phi) is 2.94. The zero-order chi connectivity index (χ0) is 9.90. The molecule has 1 rings (SSSR count). The molecule has 0 aromatic carbocycles. The summed E-state index contributed by atoms with van der Waals surface area (Å²) < 4.78 is 36.2. The molecular weight excluding hydrogens is 199 g/mol. The molecular formula is C8H6F3NS. The van der Waals surface area contributed by atoms with E-state index >= 15 is 0 Å². The van der Waals surface area contributed by atoms with Crippen LogP contribution in [0.3, 0.4) is 0 Å². The summed E-state index contributed by atoms with van der Waals surface area (Å²) in [6, 6.07) is 2.49. The summed E-state index contributed by atoms with van der Waals surface area (Å²) in [5.41, 5.74) is 0. The minimum atomic E-state index is -4.25. The molecule has 1 aromatic heterocycles. The molecule has 1 aromatic rings. The minimum Gasteiger partial charge on any atom is -0.317 e. The van der Waals surface area contributed by atoms with Gasteiger partial charge in [-0.2, -0.15) is 13.2 Å². The van der Waals surface area contributed by atoms with Gasteiger partial charge in [0, 0.05) is 4.88 Å². The van der Waals surface area contributed by atoms with Crippen molar-refractivity contribution in [2.75, 3.05) is 6.54 Å². The van der Waals surface area contributed by atoms with Crippen LogP contribution in [0.4, 0.5) is 13.2 Å². The summed E-state index contributed by atoms with van der Waals surface area (Å²) in [6.45, 7) is 6.74. The number of hydrogen-bond donors (Lipinski definition) is 0. The van der Waals surface area contributed by atoms with Gasteiger partial charge in [0.25, 0.3) is 0 Å². The van der Waals surface area contributed by atoms with Crippen LogP contribution in [0.15, 0.2) is 12.1 Å². The number of hydrogen-bond acceptors (Lipinski definition) is 1. The van der Waals surface area contributed by atoms with Crippen LogP contribution < -0.4 is 0 Å². The molecule has 0 spiro atoms. The number of thiophene rings is 1. The molecule has 0 unspecified atom stereocenters. The van der Waals surface area contributed by atoms with E-state index in [9.17, 15) is 13.2 Å². The molecule has 0 amide bonds. The molecule has 0 bridgehead atoms. The Morgan fingerprint density at radius 3 is 2.54 bits per heavy atom. The highest BCUT2D eigenvalue weighted by Crippen LogP contribution is 2.34. The Hall–Kier alpha value is -1.02. The quantitative estimate of drug-likeness (QED) is 0.653. The highest BCUT2D eigenvalue weighted by Gasteiger charge is 2.32. The zero-order valence-electron chi connectivity index (χ0n) is 6.56. The molecule has 0 atom stereocenters. The van der Waals surface area contributed by atoms with Gasteiger partial charge in [0.05, 0.1) is 6.42 Å². The van der Waals surface area contributed by atoms with Gasteiger partial charge in [-0.05, 0) is 12.1 Å². The van der Waals surface area contributed by atoms with Gasteiger partial charge in [-0.3, -0.25) is 0 Å². The van der Waals surface area contributed by atoms with E-state index in [1.165, 1.54) is 6.07 Å². The number of halogens is 3. The molecule has 0 aliphatic carbocycles. The van der Waals surface area contributed by atoms with Crippen molar-refractivity contribution in [1.29, 1.82) is 0 Å². The summed E-state index contributed by atoms with van der Waals surface area (Å²) in [6.07, 6.45) is -3.84. The standard InChI is InChI=1S/C8H6F3NS/c1-12-5-4-6-2-3-7(13-6)8(9,10)11/h2-3H,4-5H2. The van der Waals surface area contributed by atoms with E-state index in [2.05, 4.69) is 4.85 Å². The molecule has 0 fully saturated rings. The zero-order valence-corrected chi connectivity index (χ0v) is 7.37. The van der Waals surface area contributed by atoms with E-state index in [-0.39, 0.29) is 6.54 Å². The van der Waals surface area contributed by atoms with Gasteiger partial charge in [-0.15, -0.1) is 11.3 Å². The van der Waals surface area contributed by atoms with E-state index in [0.29, 0.717) is 22.6 Å². The molecule has 0 N–H and O–H groups in total. The van der Waals surface area contributed by atoms with Crippen LogP contribution in [0.5, 0.6) is 0 Å². The second-order valence-corrected chi connectivity index (χ2v) is 3.56. The monoisotopic (exact) mass is 205 g/mol. The summed E-state index contributed by atoms with van der Waals surface area (Å²) in [4.78, 5) is 3.10. The van der Waals surface area contributed by atoms with Gasteiger partial charge >= 0.3 is 6.18 Å². The third kappa shape index (κ3) is 2.74. The van der Waals surface area contributed by atoms with Gasteiger partial charge in [-0.25, -0.2) is 6.57 Å². The van der Waals surface area contributed by atoms with E-state index in [0.717, 1.165) is 6.07 Å². The molecule has 0 saturated carbocycles. The van der Waals surface area contributed by atoms with Crippen molar-refractivity contribution in [2.45, 2.75) is 12.6 Å². The van der Waals surface area contributed by atoms with E-state index in [4.69, 9.17) is 6.57 Å². The molecule has 13 heavy (non-hydrogen) atoms. The maximum Gasteiger partial charge on any atom is 0.425 e. The third-order valence-electron chi connectivity index (χ3n) is 1.41. The first-order chi connectivity index (χ1) is 6.04. The number of alkyl halides is 3. The van der Waals surface area contributed by atoms with Crippen LogP contribution in [0.25, 0.3) is 4.85 Å². The Labute approximate surface area is 77.6 Å². The Bertz CT molecular complexity index is 321. The van der Waals surface area contributed by atoms with Crippen molar-refractivity contribution in [1.82, 2.24) is 0 Å². The second-order valence-electron chi connectivity index (χ2n) is 2.40. The first kappa shape index (κ1) is 10.1. The lowest BCUT2D eigenvalue weighted by Gasteiger charge is -2.00. The van der Waals surface area contributed by atoms with Gasteiger partial charge in [0.1, 0.15) is 4.88 Å². The highest BCUT2D eigenvalue weighted by molar-refractivity contribution is 7.12. The molecule has 70 valence electrons. The first-order valence-electron chi connectivity index (χ1n) is 3.53. The molecule has 0 aliphatic heterocycles. The van der Waals surface area contributed by atoms with Crippen molar-refractivity contribution in [3.63, 3.8) is 0 Å². The molecule has 0 radical (unpaired) electrons. The van der Waals surface area contributed by atoms with Crippen LogP contribution in [0.1, 0.15) is 9.75 Å². The lowest BCUT2D eigenvalue weighted by molar-refractivity contribution is -0.134. The summed E-state index contributed by atoms with van der Waals surface area (Å²) >= 11 is 0.711. The normalized spacial score (nSPS) is 11.2. The number of rotatable bonds is 2. The van der Waals surface area contributed by atoms with Crippen molar-refractivity contribution in [3.05, 3.63) is 33.3 Å². The van der Waals surface area contributed by atoms with Crippen LogP contribution >= 0.6 is 11.3 Å². The van der Waals surface area contributed by atoms with Gasteiger partial charge < -0.3 is 4.85 Å². The molecule has 0 aliphatic rings. The average molecular weight is 205 g/mol.